The van der Waals surface area contributed by atoms with Crippen LogP contribution in [0.4, 0.5) is 5.69 Å². The van der Waals surface area contributed by atoms with Gasteiger partial charge in [-0.05, 0) is 36.6 Å². The summed E-state index contributed by atoms with van der Waals surface area (Å²) in [6.45, 7) is 7.05. The zero-order valence-electron chi connectivity index (χ0n) is 12.9. The monoisotopic (exact) mass is 285 g/mol. The molecule has 0 aliphatic heterocycles. The number of ether oxygens (including phenoxy) is 1. The number of nitrogen functional groups attached to an aromatic ring is 1. The molecule has 0 aliphatic rings. The van der Waals surface area contributed by atoms with Crippen LogP contribution in [0.25, 0.3) is 0 Å². The summed E-state index contributed by atoms with van der Waals surface area (Å²) < 4.78 is 5.74. The summed E-state index contributed by atoms with van der Waals surface area (Å²) in [4.78, 5) is 8.73. The molecule has 0 amide bonds. The zero-order valence-corrected chi connectivity index (χ0v) is 12.9. The molecule has 2 rings (SSSR count). The van der Waals surface area contributed by atoms with Crippen molar-refractivity contribution in [1.29, 1.82) is 0 Å². The van der Waals surface area contributed by atoms with E-state index in [0.29, 0.717) is 24.1 Å². The third-order valence-electron chi connectivity index (χ3n) is 3.48. The molecule has 0 aromatic carbocycles. The van der Waals surface area contributed by atoms with Crippen LogP contribution < -0.4 is 10.5 Å². The van der Waals surface area contributed by atoms with E-state index in [9.17, 15) is 0 Å². The molecule has 2 N–H and O–H groups in total. The van der Waals surface area contributed by atoms with Gasteiger partial charge in [0.1, 0.15) is 5.75 Å². The lowest BCUT2D eigenvalue weighted by Crippen LogP contribution is -2.05. The van der Waals surface area contributed by atoms with Crippen molar-refractivity contribution in [1.82, 2.24) is 9.97 Å². The van der Waals surface area contributed by atoms with Gasteiger partial charge in [0.05, 0.1) is 24.7 Å². The number of nitrogens with two attached hydrogens (primary N) is 1. The quantitative estimate of drug-likeness (QED) is 0.878. The van der Waals surface area contributed by atoms with E-state index in [2.05, 4.69) is 30.7 Å². The van der Waals surface area contributed by atoms with E-state index >= 15 is 0 Å². The number of rotatable bonds is 6. The maximum Gasteiger partial charge on any atom is 0.137 e. The predicted octanol–water partition coefficient (Wildman–Crippen LogP) is 3.75. The summed E-state index contributed by atoms with van der Waals surface area (Å²) in [5, 5.41) is 0. The van der Waals surface area contributed by atoms with Gasteiger partial charge in [0.25, 0.3) is 0 Å². The first kappa shape index (κ1) is 15.3. The van der Waals surface area contributed by atoms with Crippen molar-refractivity contribution in [2.75, 3.05) is 12.3 Å². The molecule has 2 aromatic rings. The van der Waals surface area contributed by atoms with Crippen LogP contribution in [0.2, 0.25) is 0 Å². The highest BCUT2D eigenvalue weighted by Gasteiger charge is 2.07. The fraction of sp³-hybridized carbons (Fsp3) is 0.412. The fourth-order valence-corrected chi connectivity index (χ4v) is 2.03. The van der Waals surface area contributed by atoms with Gasteiger partial charge < -0.3 is 10.5 Å². The fourth-order valence-electron chi connectivity index (χ4n) is 2.03. The van der Waals surface area contributed by atoms with Crippen LogP contribution in [0.15, 0.2) is 36.7 Å². The van der Waals surface area contributed by atoms with Crippen LogP contribution in [0, 0.1) is 0 Å². The third-order valence-corrected chi connectivity index (χ3v) is 3.48. The molecule has 0 bridgehead atoms. The Labute approximate surface area is 126 Å². The first-order chi connectivity index (χ1) is 10.1. The Morgan fingerprint density at radius 2 is 1.71 bits per heavy atom. The van der Waals surface area contributed by atoms with E-state index in [0.717, 1.165) is 23.6 Å². The van der Waals surface area contributed by atoms with Crippen molar-refractivity contribution in [2.45, 2.75) is 39.0 Å². The van der Waals surface area contributed by atoms with Gasteiger partial charge in [0.2, 0.25) is 0 Å². The Kier molecular flexibility index (Phi) is 5.14. The molecule has 0 saturated heterocycles. The molecule has 0 spiro atoms. The summed E-state index contributed by atoms with van der Waals surface area (Å²) in [5.41, 5.74) is 8.46. The second-order valence-electron chi connectivity index (χ2n) is 5.63. The number of nitrogens with zero attached hydrogens (tertiary/aromatic N) is 2. The maximum absolute atomic E-state index is 5.74. The number of hydrogen-bond acceptors (Lipinski definition) is 4. The maximum atomic E-state index is 5.74. The third kappa shape index (κ3) is 4.45. The second-order valence-corrected chi connectivity index (χ2v) is 5.63. The molecule has 0 saturated carbocycles. The molecule has 2 heterocycles. The second kappa shape index (κ2) is 7.07. The van der Waals surface area contributed by atoms with E-state index < -0.39 is 0 Å². The summed E-state index contributed by atoms with van der Waals surface area (Å²) in [5.74, 6) is 1.60. The lowest BCUT2D eigenvalue weighted by Gasteiger charge is -2.12. The van der Waals surface area contributed by atoms with E-state index in [-0.39, 0.29) is 0 Å². The topological polar surface area (TPSA) is 61.0 Å². The molecule has 1 unspecified atom stereocenters. The summed E-state index contributed by atoms with van der Waals surface area (Å²) in [7, 11) is 0. The molecule has 0 radical (unpaired) electrons. The first-order valence-corrected chi connectivity index (χ1v) is 7.36. The Morgan fingerprint density at radius 3 is 2.29 bits per heavy atom. The first-order valence-electron chi connectivity index (χ1n) is 7.36. The smallest absolute Gasteiger partial charge is 0.137 e. The Balaban J connectivity index is 1.82. The van der Waals surface area contributed by atoms with E-state index in [1.807, 2.05) is 24.3 Å². The molecule has 1 atom stereocenters. The summed E-state index contributed by atoms with van der Waals surface area (Å²) in [6.07, 6.45) is 4.39. The minimum Gasteiger partial charge on any atom is -0.492 e. The van der Waals surface area contributed by atoms with Gasteiger partial charge in [-0.3, -0.25) is 9.97 Å². The highest BCUT2D eigenvalue weighted by molar-refractivity contribution is 5.35. The van der Waals surface area contributed by atoms with Gasteiger partial charge in [-0.15, -0.1) is 0 Å². The van der Waals surface area contributed by atoms with E-state index in [1.165, 1.54) is 0 Å². The number of pyridine rings is 2. The van der Waals surface area contributed by atoms with Crippen LogP contribution >= 0.6 is 0 Å². The van der Waals surface area contributed by atoms with Crippen molar-refractivity contribution >= 4 is 5.69 Å². The summed E-state index contributed by atoms with van der Waals surface area (Å²) in [6, 6.07) is 7.85. The molecular formula is C17H23N3O. The highest BCUT2D eigenvalue weighted by Crippen LogP contribution is 2.19. The lowest BCUT2D eigenvalue weighted by atomic mass is 10.0. The SMILES string of the molecule is CC(C)c1ccc(OCCC(C)c2ccc(N)cn2)cn1. The molecule has 112 valence electrons. The van der Waals surface area contributed by atoms with Crippen molar-refractivity contribution in [3.05, 3.63) is 48.0 Å². The molecule has 0 fully saturated rings. The standard InChI is InChI=1S/C17H23N3O/c1-12(2)16-7-5-15(11-20-16)21-9-8-13(3)17-6-4-14(18)10-19-17/h4-7,10-13H,8-9,18H2,1-3H3. The Bertz CT molecular complexity index is 549. The van der Waals surface area contributed by atoms with Crippen molar-refractivity contribution < 1.29 is 4.74 Å². The Hall–Kier alpha value is -2.10. The van der Waals surface area contributed by atoms with Crippen molar-refractivity contribution in [2.24, 2.45) is 0 Å². The average molecular weight is 285 g/mol. The van der Waals surface area contributed by atoms with Crippen LogP contribution in [0.3, 0.4) is 0 Å². The number of anilines is 1. The van der Waals surface area contributed by atoms with Gasteiger partial charge in [-0.1, -0.05) is 20.8 Å². The van der Waals surface area contributed by atoms with Crippen LogP contribution in [0.5, 0.6) is 5.75 Å². The van der Waals surface area contributed by atoms with Crippen molar-refractivity contribution in [3.63, 3.8) is 0 Å². The molecule has 4 nitrogen and oxygen atoms in total. The average Bonchev–Trinajstić information content (AvgIpc) is 2.48. The molecule has 2 aromatic heterocycles. The normalized spacial score (nSPS) is 12.4. The summed E-state index contributed by atoms with van der Waals surface area (Å²) >= 11 is 0. The van der Waals surface area contributed by atoms with E-state index in [1.54, 1.807) is 12.4 Å². The largest absolute Gasteiger partial charge is 0.492 e. The minimum absolute atomic E-state index is 0.341. The number of hydrogen-bond donors (Lipinski definition) is 1. The van der Waals surface area contributed by atoms with Gasteiger partial charge in [0, 0.05) is 17.3 Å². The molecular weight excluding hydrogens is 262 g/mol. The van der Waals surface area contributed by atoms with Gasteiger partial charge in [0.15, 0.2) is 0 Å². The van der Waals surface area contributed by atoms with Gasteiger partial charge >= 0.3 is 0 Å². The van der Waals surface area contributed by atoms with Gasteiger partial charge in [-0.2, -0.15) is 0 Å². The van der Waals surface area contributed by atoms with Crippen molar-refractivity contribution in [3.8, 4) is 5.75 Å². The zero-order chi connectivity index (χ0) is 15.2. The van der Waals surface area contributed by atoms with Crippen LogP contribution in [-0.2, 0) is 0 Å². The number of aromatic nitrogens is 2. The Morgan fingerprint density at radius 1 is 1.00 bits per heavy atom. The molecule has 0 aliphatic carbocycles. The van der Waals surface area contributed by atoms with E-state index in [4.69, 9.17) is 10.5 Å². The molecule has 21 heavy (non-hydrogen) atoms. The lowest BCUT2D eigenvalue weighted by molar-refractivity contribution is 0.298. The highest BCUT2D eigenvalue weighted by atomic mass is 16.5. The van der Waals surface area contributed by atoms with Crippen LogP contribution in [-0.4, -0.2) is 16.6 Å². The minimum atomic E-state index is 0.341. The molecule has 4 heteroatoms. The van der Waals surface area contributed by atoms with Crippen LogP contribution in [0.1, 0.15) is 50.4 Å². The predicted molar refractivity (Wildman–Crippen MR) is 85.5 cm³/mol. The van der Waals surface area contributed by atoms with Gasteiger partial charge in [-0.25, -0.2) is 0 Å².